The summed E-state index contributed by atoms with van der Waals surface area (Å²) >= 11 is 3.43. The van der Waals surface area contributed by atoms with E-state index < -0.39 is 0 Å². The van der Waals surface area contributed by atoms with E-state index in [-0.39, 0.29) is 18.4 Å². The second kappa shape index (κ2) is 10.6. The van der Waals surface area contributed by atoms with Gasteiger partial charge in [0.25, 0.3) is 11.8 Å². The number of ether oxygens (including phenoxy) is 3. The van der Waals surface area contributed by atoms with Gasteiger partial charge in [-0.3, -0.25) is 9.59 Å². The average molecular weight is 451 g/mol. The third-order valence-electron chi connectivity index (χ3n) is 3.68. The van der Waals surface area contributed by atoms with Crippen LogP contribution in [0.15, 0.2) is 40.9 Å². The van der Waals surface area contributed by atoms with Crippen molar-refractivity contribution < 1.29 is 23.8 Å². The average Bonchev–Trinajstić information content (AvgIpc) is 2.70. The molecular weight excluding hydrogens is 428 g/mol. The van der Waals surface area contributed by atoms with Gasteiger partial charge >= 0.3 is 0 Å². The molecule has 0 heterocycles. The zero-order valence-corrected chi connectivity index (χ0v) is 17.6. The van der Waals surface area contributed by atoms with Crippen LogP contribution in [0.2, 0.25) is 0 Å². The van der Waals surface area contributed by atoms with E-state index in [4.69, 9.17) is 14.2 Å². The van der Waals surface area contributed by atoms with E-state index in [1.54, 1.807) is 36.4 Å². The van der Waals surface area contributed by atoms with Crippen LogP contribution < -0.4 is 24.8 Å². The predicted molar refractivity (Wildman–Crippen MR) is 110 cm³/mol. The molecule has 0 aliphatic rings. The van der Waals surface area contributed by atoms with Gasteiger partial charge in [-0.05, 0) is 46.6 Å². The Bertz CT molecular complexity index is 841. The summed E-state index contributed by atoms with van der Waals surface area (Å²) in [5.74, 6) is 0.950. The molecule has 2 rings (SSSR count). The molecule has 2 amide bonds. The van der Waals surface area contributed by atoms with Crippen LogP contribution in [-0.4, -0.2) is 39.2 Å². The molecule has 8 heteroatoms. The predicted octanol–water partition coefficient (Wildman–Crippen LogP) is 3.62. The molecule has 0 fully saturated rings. The van der Waals surface area contributed by atoms with Crippen LogP contribution in [0.5, 0.6) is 17.2 Å². The number of rotatable bonds is 9. The minimum Gasteiger partial charge on any atom is -0.493 e. The van der Waals surface area contributed by atoms with Crippen molar-refractivity contribution in [2.24, 2.45) is 0 Å². The molecule has 0 aromatic heterocycles. The molecule has 0 aliphatic heterocycles. The summed E-state index contributed by atoms with van der Waals surface area (Å²) in [4.78, 5) is 23.9. The maximum absolute atomic E-state index is 12.7. The lowest BCUT2D eigenvalue weighted by molar-refractivity contribution is -0.122. The number of halogens is 1. The fraction of sp³-hybridized carbons (Fsp3) is 0.300. The molecule has 0 spiro atoms. The highest BCUT2D eigenvalue weighted by Crippen LogP contribution is 2.37. The van der Waals surface area contributed by atoms with Gasteiger partial charge in [-0.25, -0.2) is 0 Å². The first-order chi connectivity index (χ1) is 13.5. The van der Waals surface area contributed by atoms with Gasteiger partial charge in [0, 0.05) is 24.4 Å². The number of hydrogen-bond donors (Lipinski definition) is 2. The number of benzene rings is 2. The highest BCUT2D eigenvalue weighted by Gasteiger charge is 2.16. The topological polar surface area (TPSA) is 85.9 Å². The molecule has 28 heavy (non-hydrogen) atoms. The van der Waals surface area contributed by atoms with E-state index in [2.05, 4.69) is 26.6 Å². The molecule has 2 aromatic carbocycles. The molecule has 0 unspecified atom stereocenters. The first kappa shape index (κ1) is 21.6. The number of likely N-dealkylation sites (N-methyl/N-ethyl adjacent to an activating group) is 1. The molecule has 0 aliphatic carbocycles. The molecule has 7 nitrogen and oxygen atoms in total. The Morgan fingerprint density at radius 3 is 2.61 bits per heavy atom. The van der Waals surface area contributed by atoms with E-state index in [0.29, 0.717) is 39.6 Å². The van der Waals surface area contributed by atoms with Crippen molar-refractivity contribution in [3.05, 3.63) is 46.4 Å². The lowest BCUT2D eigenvalue weighted by atomic mass is 10.1. The van der Waals surface area contributed by atoms with Crippen LogP contribution in [0.4, 0.5) is 5.69 Å². The smallest absolute Gasteiger partial charge is 0.257 e. The van der Waals surface area contributed by atoms with E-state index in [1.807, 2.05) is 6.92 Å². The van der Waals surface area contributed by atoms with Crippen molar-refractivity contribution in [1.29, 1.82) is 0 Å². The highest BCUT2D eigenvalue weighted by atomic mass is 79.9. The van der Waals surface area contributed by atoms with Gasteiger partial charge in [0.05, 0.1) is 18.2 Å². The van der Waals surface area contributed by atoms with Crippen molar-refractivity contribution in [2.45, 2.75) is 13.3 Å². The summed E-state index contributed by atoms with van der Waals surface area (Å²) in [7, 11) is 3.06. The summed E-state index contributed by atoms with van der Waals surface area (Å²) in [5, 5.41) is 5.28. The molecule has 0 radical (unpaired) electrons. The van der Waals surface area contributed by atoms with E-state index >= 15 is 0 Å². The Morgan fingerprint density at radius 1 is 1.14 bits per heavy atom. The molecule has 2 aromatic rings. The molecule has 0 saturated heterocycles. The number of amides is 2. The van der Waals surface area contributed by atoms with Crippen LogP contribution in [-0.2, 0) is 4.79 Å². The van der Waals surface area contributed by atoms with Gasteiger partial charge in [-0.2, -0.15) is 0 Å². The second-order valence-electron chi connectivity index (χ2n) is 5.78. The largest absolute Gasteiger partial charge is 0.493 e. The number of carbonyl (C=O) groups excluding carboxylic acids is 2. The van der Waals surface area contributed by atoms with Crippen LogP contribution in [0.3, 0.4) is 0 Å². The fourth-order valence-electron chi connectivity index (χ4n) is 2.28. The quantitative estimate of drug-likeness (QED) is 0.609. The van der Waals surface area contributed by atoms with Gasteiger partial charge in [0.15, 0.2) is 18.1 Å². The zero-order valence-electron chi connectivity index (χ0n) is 16.0. The summed E-state index contributed by atoms with van der Waals surface area (Å²) < 4.78 is 17.1. The summed E-state index contributed by atoms with van der Waals surface area (Å²) in [6, 6.07) is 10.1. The van der Waals surface area contributed by atoms with Gasteiger partial charge in [-0.1, -0.05) is 13.0 Å². The summed E-state index contributed by atoms with van der Waals surface area (Å²) in [6.07, 6.45) is 0.857. The van der Waals surface area contributed by atoms with Gasteiger partial charge in [0.1, 0.15) is 5.75 Å². The minimum absolute atomic E-state index is 0.0999. The molecule has 0 bridgehead atoms. The number of hydrogen-bond acceptors (Lipinski definition) is 5. The van der Waals surface area contributed by atoms with E-state index in [0.717, 1.165) is 6.42 Å². The standard InChI is InChI=1S/C20H23BrN2O5/c1-4-8-27-19-16(21)9-13(10-17(19)26-3)20(25)23-14-6-5-7-15(11-14)28-12-18(24)22-2/h5-7,9-11H,4,8,12H2,1-3H3,(H,22,24)(H,23,25). The van der Waals surface area contributed by atoms with E-state index in [9.17, 15) is 9.59 Å². The Kier molecular flexibility index (Phi) is 8.13. The maximum atomic E-state index is 12.7. The SMILES string of the molecule is CCCOc1c(Br)cc(C(=O)Nc2cccc(OCC(=O)NC)c2)cc1OC. The molecule has 0 atom stereocenters. The Labute approximate surface area is 172 Å². The Hall–Kier alpha value is -2.74. The monoisotopic (exact) mass is 450 g/mol. The van der Waals surface area contributed by atoms with Crippen molar-refractivity contribution in [1.82, 2.24) is 5.32 Å². The van der Waals surface area contributed by atoms with Gasteiger partial charge < -0.3 is 24.8 Å². The Morgan fingerprint density at radius 2 is 1.93 bits per heavy atom. The highest BCUT2D eigenvalue weighted by molar-refractivity contribution is 9.10. The number of anilines is 1. The van der Waals surface area contributed by atoms with Crippen LogP contribution in [0, 0.1) is 0 Å². The van der Waals surface area contributed by atoms with Crippen molar-refractivity contribution >= 4 is 33.4 Å². The van der Waals surface area contributed by atoms with Crippen molar-refractivity contribution in [3.8, 4) is 17.2 Å². The van der Waals surface area contributed by atoms with Crippen LogP contribution >= 0.6 is 15.9 Å². The third-order valence-corrected chi connectivity index (χ3v) is 4.27. The first-order valence-electron chi connectivity index (χ1n) is 8.73. The van der Waals surface area contributed by atoms with Gasteiger partial charge in [-0.15, -0.1) is 0 Å². The van der Waals surface area contributed by atoms with Crippen LogP contribution in [0.25, 0.3) is 0 Å². The van der Waals surface area contributed by atoms with E-state index in [1.165, 1.54) is 14.2 Å². The van der Waals surface area contributed by atoms with Crippen molar-refractivity contribution in [3.63, 3.8) is 0 Å². The summed E-state index contributed by atoms with van der Waals surface area (Å²) in [6.45, 7) is 2.45. The van der Waals surface area contributed by atoms with Crippen molar-refractivity contribution in [2.75, 3.05) is 32.7 Å². The minimum atomic E-state index is -0.315. The Balaban J connectivity index is 2.14. The molecule has 0 saturated carbocycles. The molecule has 2 N–H and O–H groups in total. The number of carbonyl (C=O) groups is 2. The summed E-state index contributed by atoms with van der Waals surface area (Å²) in [5.41, 5.74) is 0.949. The number of methoxy groups -OCH3 is 1. The third kappa shape index (κ3) is 5.88. The van der Waals surface area contributed by atoms with Crippen LogP contribution in [0.1, 0.15) is 23.7 Å². The first-order valence-corrected chi connectivity index (χ1v) is 9.52. The lowest BCUT2D eigenvalue weighted by Crippen LogP contribution is -2.24. The second-order valence-corrected chi connectivity index (χ2v) is 6.64. The molecule has 150 valence electrons. The zero-order chi connectivity index (χ0) is 20.5. The maximum Gasteiger partial charge on any atom is 0.257 e. The van der Waals surface area contributed by atoms with Gasteiger partial charge in [0.2, 0.25) is 0 Å². The molecular formula is C20H23BrN2O5. The lowest BCUT2D eigenvalue weighted by Gasteiger charge is -2.14. The number of nitrogens with one attached hydrogen (secondary N) is 2. The normalized spacial score (nSPS) is 10.1. The fourth-order valence-corrected chi connectivity index (χ4v) is 2.84.